The third kappa shape index (κ3) is 2.95. The number of aryl methyl sites for hydroxylation is 2. The van der Waals surface area contributed by atoms with Gasteiger partial charge in [0, 0.05) is 5.92 Å². The maximum absolute atomic E-state index is 5.65. The Morgan fingerprint density at radius 1 is 1.38 bits per heavy atom. The van der Waals surface area contributed by atoms with Crippen molar-refractivity contribution in [3.63, 3.8) is 0 Å². The predicted molar refractivity (Wildman–Crippen MR) is 72.1 cm³/mol. The van der Waals surface area contributed by atoms with Crippen molar-refractivity contribution in [3.8, 4) is 5.75 Å². The van der Waals surface area contributed by atoms with E-state index in [0.717, 1.165) is 12.2 Å². The van der Waals surface area contributed by atoms with Crippen LogP contribution >= 0.6 is 12.2 Å². The SMILES string of the molecule is COc1cc(C)c(CC(C)C(N)=S)c(C)c1. The van der Waals surface area contributed by atoms with Crippen molar-refractivity contribution < 1.29 is 4.74 Å². The second kappa shape index (κ2) is 5.30. The summed E-state index contributed by atoms with van der Waals surface area (Å²) in [5, 5.41) is 0. The Morgan fingerprint density at radius 3 is 2.25 bits per heavy atom. The fraction of sp³-hybridized carbons (Fsp3) is 0.462. The largest absolute Gasteiger partial charge is 0.497 e. The van der Waals surface area contributed by atoms with Crippen molar-refractivity contribution in [3.05, 3.63) is 28.8 Å². The Kier molecular flexibility index (Phi) is 4.30. The minimum absolute atomic E-state index is 0.237. The first-order chi connectivity index (χ1) is 7.45. The third-order valence-corrected chi connectivity index (χ3v) is 3.30. The fourth-order valence-electron chi connectivity index (χ4n) is 1.80. The predicted octanol–water partition coefficient (Wildman–Crippen LogP) is 2.78. The third-order valence-electron chi connectivity index (χ3n) is 2.90. The maximum Gasteiger partial charge on any atom is 0.119 e. The van der Waals surface area contributed by atoms with Gasteiger partial charge in [0.2, 0.25) is 0 Å². The lowest BCUT2D eigenvalue weighted by molar-refractivity contribution is 0.414. The van der Waals surface area contributed by atoms with E-state index in [0.29, 0.717) is 4.99 Å². The quantitative estimate of drug-likeness (QED) is 0.818. The van der Waals surface area contributed by atoms with Gasteiger partial charge in [-0.1, -0.05) is 19.1 Å². The van der Waals surface area contributed by atoms with E-state index in [1.54, 1.807) is 7.11 Å². The standard InChI is InChI=1S/C13H19NOS/c1-8-5-11(15-4)6-9(2)12(8)7-10(3)13(14)16/h5-6,10H,7H2,1-4H3,(H2,14,16). The van der Waals surface area contributed by atoms with Gasteiger partial charge in [0.25, 0.3) is 0 Å². The minimum atomic E-state index is 0.237. The summed E-state index contributed by atoms with van der Waals surface area (Å²) in [7, 11) is 1.69. The van der Waals surface area contributed by atoms with Crippen LogP contribution in [0.1, 0.15) is 23.6 Å². The van der Waals surface area contributed by atoms with Gasteiger partial charge >= 0.3 is 0 Å². The lowest BCUT2D eigenvalue weighted by atomic mass is 9.93. The summed E-state index contributed by atoms with van der Waals surface area (Å²) in [6.07, 6.45) is 0.900. The van der Waals surface area contributed by atoms with Gasteiger partial charge in [-0.3, -0.25) is 0 Å². The van der Waals surface area contributed by atoms with E-state index >= 15 is 0 Å². The van der Waals surface area contributed by atoms with Crippen LogP contribution in [-0.2, 0) is 6.42 Å². The number of nitrogens with two attached hydrogens (primary N) is 1. The molecule has 1 aromatic rings. The Morgan fingerprint density at radius 2 is 1.88 bits per heavy atom. The first-order valence-electron chi connectivity index (χ1n) is 5.39. The topological polar surface area (TPSA) is 35.2 Å². The molecule has 0 radical (unpaired) electrons. The van der Waals surface area contributed by atoms with Gasteiger partial charge in [0.1, 0.15) is 5.75 Å². The second-order valence-corrected chi connectivity index (χ2v) is 4.72. The van der Waals surface area contributed by atoms with Crippen LogP contribution in [0.25, 0.3) is 0 Å². The Hall–Kier alpha value is -1.09. The molecule has 1 rings (SSSR count). The summed E-state index contributed by atoms with van der Waals surface area (Å²) in [5.41, 5.74) is 9.44. The highest BCUT2D eigenvalue weighted by Gasteiger charge is 2.11. The highest BCUT2D eigenvalue weighted by atomic mass is 32.1. The van der Waals surface area contributed by atoms with Crippen molar-refractivity contribution in [2.24, 2.45) is 11.7 Å². The van der Waals surface area contributed by atoms with Crippen LogP contribution in [0.4, 0.5) is 0 Å². The van der Waals surface area contributed by atoms with E-state index in [9.17, 15) is 0 Å². The molecular weight excluding hydrogens is 218 g/mol. The van der Waals surface area contributed by atoms with E-state index in [1.165, 1.54) is 16.7 Å². The first-order valence-corrected chi connectivity index (χ1v) is 5.80. The minimum Gasteiger partial charge on any atom is -0.497 e. The van der Waals surface area contributed by atoms with Gasteiger partial charge in [-0.2, -0.15) is 0 Å². The molecule has 0 aliphatic carbocycles. The van der Waals surface area contributed by atoms with Crippen molar-refractivity contribution in [2.45, 2.75) is 27.2 Å². The zero-order chi connectivity index (χ0) is 12.3. The van der Waals surface area contributed by atoms with Crippen molar-refractivity contribution in [1.82, 2.24) is 0 Å². The van der Waals surface area contributed by atoms with E-state index in [1.807, 2.05) is 0 Å². The maximum atomic E-state index is 5.65. The molecule has 0 bridgehead atoms. The van der Waals surface area contributed by atoms with Gasteiger partial charge in [-0.25, -0.2) is 0 Å². The molecule has 0 saturated heterocycles. The molecule has 1 unspecified atom stereocenters. The number of rotatable bonds is 4. The molecule has 2 N–H and O–H groups in total. The van der Waals surface area contributed by atoms with Crippen molar-refractivity contribution in [2.75, 3.05) is 7.11 Å². The second-order valence-electron chi connectivity index (χ2n) is 4.25. The number of hydrogen-bond acceptors (Lipinski definition) is 2. The summed E-state index contributed by atoms with van der Waals surface area (Å²) in [6.45, 7) is 6.25. The summed E-state index contributed by atoms with van der Waals surface area (Å²) in [4.78, 5) is 0.578. The smallest absolute Gasteiger partial charge is 0.119 e. The normalized spacial score (nSPS) is 12.2. The van der Waals surface area contributed by atoms with E-state index in [4.69, 9.17) is 22.7 Å². The van der Waals surface area contributed by atoms with Crippen LogP contribution in [0.5, 0.6) is 5.75 Å². The van der Waals surface area contributed by atoms with Gasteiger partial charge in [0.15, 0.2) is 0 Å². The highest BCUT2D eigenvalue weighted by Crippen LogP contribution is 2.24. The molecule has 1 aromatic carbocycles. The van der Waals surface area contributed by atoms with Gasteiger partial charge < -0.3 is 10.5 Å². The van der Waals surface area contributed by atoms with Gasteiger partial charge in [-0.05, 0) is 49.1 Å². The molecule has 0 heterocycles. The highest BCUT2D eigenvalue weighted by molar-refractivity contribution is 7.80. The molecule has 0 aromatic heterocycles. The fourth-order valence-corrected chi connectivity index (χ4v) is 1.88. The molecular formula is C13H19NOS. The molecule has 1 atom stereocenters. The number of ether oxygens (including phenoxy) is 1. The Labute approximate surface area is 103 Å². The summed E-state index contributed by atoms with van der Waals surface area (Å²) in [5.74, 6) is 1.14. The number of benzene rings is 1. The number of thiocarbonyl (C=S) groups is 1. The molecule has 0 aliphatic heterocycles. The van der Waals surface area contributed by atoms with Crippen LogP contribution in [0.2, 0.25) is 0 Å². The van der Waals surface area contributed by atoms with Crippen molar-refractivity contribution in [1.29, 1.82) is 0 Å². The molecule has 0 saturated carbocycles. The average molecular weight is 237 g/mol. The first kappa shape index (κ1) is 13.0. The average Bonchev–Trinajstić information content (AvgIpc) is 2.22. The Bertz CT molecular complexity index is 378. The number of hydrogen-bond donors (Lipinski definition) is 1. The zero-order valence-electron chi connectivity index (χ0n) is 10.3. The molecule has 3 heteroatoms. The van der Waals surface area contributed by atoms with Crippen LogP contribution in [0, 0.1) is 19.8 Å². The van der Waals surface area contributed by atoms with E-state index in [-0.39, 0.29) is 5.92 Å². The molecule has 0 spiro atoms. The van der Waals surface area contributed by atoms with Crippen LogP contribution in [-0.4, -0.2) is 12.1 Å². The van der Waals surface area contributed by atoms with Crippen molar-refractivity contribution >= 4 is 17.2 Å². The summed E-state index contributed by atoms with van der Waals surface area (Å²) >= 11 is 5.01. The summed E-state index contributed by atoms with van der Waals surface area (Å²) in [6, 6.07) is 4.10. The van der Waals surface area contributed by atoms with Crippen LogP contribution in [0.3, 0.4) is 0 Å². The molecule has 88 valence electrons. The van der Waals surface area contributed by atoms with Crippen LogP contribution < -0.4 is 10.5 Å². The number of methoxy groups -OCH3 is 1. The lowest BCUT2D eigenvalue weighted by Gasteiger charge is -2.15. The monoisotopic (exact) mass is 237 g/mol. The Balaban J connectivity index is 3.01. The van der Waals surface area contributed by atoms with E-state index in [2.05, 4.69) is 32.9 Å². The lowest BCUT2D eigenvalue weighted by Crippen LogP contribution is -2.20. The molecule has 16 heavy (non-hydrogen) atoms. The van der Waals surface area contributed by atoms with E-state index < -0.39 is 0 Å². The molecule has 0 aliphatic rings. The molecule has 2 nitrogen and oxygen atoms in total. The molecule has 0 fully saturated rings. The van der Waals surface area contributed by atoms with Gasteiger partial charge in [-0.15, -0.1) is 0 Å². The van der Waals surface area contributed by atoms with Gasteiger partial charge in [0.05, 0.1) is 12.1 Å². The zero-order valence-corrected chi connectivity index (χ0v) is 11.1. The summed E-state index contributed by atoms with van der Waals surface area (Å²) < 4.78 is 5.23. The van der Waals surface area contributed by atoms with Crippen LogP contribution in [0.15, 0.2) is 12.1 Å². The molecule has 0 amide bonds.